The van der Waals surface area contributed by atoms with Gasteiger partial charge in [0.1, 0.15) is 6.33 Å². The van der Waals surface area contributed by atoms with Crippen molar-refractivity contribution in [2.45, 2.75) is 0 Å². The van der Waals surface area contributed by atoms with Gasteiger partial charge in [0.15, 0.2) is 12.8 Å². The lowest BCUT2D eigenvalue weighted by molar-refractivity contribution is -0.445. The molecular formula is C24H21N3O3. The Morgan fingerprint density at radius 3 is 2.10 bits per heavy atom. The molecule has 0 radical (unpaired) electrons. The second-order valence-electron chi connectivity index (χ2n) is 6.00. The van der Waals surface area contributed by atoms with Crippen molar-refractivity contribution in [2.75, 3.05) is 7.05 Å². The summed E-state index contributed by atoms with van der Waals surface area (Å²) in [6, 6.07) is 27.0. The second kappa shape index (κ2) is 12.3. The van der Waals surface area contributed by atoms with Crippen molar-refractivity contribution in [3.05, 3.63) is 125 Å². The van der Waals surface area contributed by atoms with Gasteiger partial charge in [0.2, 0.25) is 0 Å². The molecule has 0 aliphatic rings. The zero-order valence-electron chi connectivity index (χ0n) is 16.5. The normalized spacial score (nSPS) is 9.77. The number of rotatable bonds is 3. The van der Waals surface area contributed by atoms with Gasteiger partial charge in [-0.3, -0.25) is 14.9 Å². The minimum atomic E-state index is -0.500. The van der Waals surface area contributed by atoms with Crippen LogP contribution in [-0.2, 0) is 0 Å². The first kappa shape index (κ1) is 22.1. The first-order valence-corrected chi connectivity index (χ1v) is 9.11. The van der Waals surface area contributed by atoms with Crippen molar-refractivity contribution in [2.24, 2.45) is 0 Å². The summed E-state index contributed by atoms with van der Waals surface area (Å²) in [5.74, 6) is 0.0319. The molecule has 150 valence electrons. The molecule has 4 rings (SSSR count). The van der Waals surface area contributed by atoms with Crippen molar-refractivity contribution in [1.82, 2.24) is 9.97 Å². The highest BCUT2D eigenvalue weighted by molar-refractivity contribution is 6.06. The number of benzene rings is 3. The smallest absolute Gasteiger partial charge is 0.194 e. The van der Waals surface area contributed by atoms with E-state index < -0.39 is 4.92 Å². The van der Waals surface area contributed by atoms with Crippen LogP contribution in [0.4, 0.5) is 0 Å². The summed E-state index contributed by atoms with van der Waals surface area (Å²) >= 11 is 0. The Morgan fingerprint density at radius 2 is 1.47 bits per heavy atom. The van der Waals surface area contributed by atoms with Gasteiger partial charge >= 0.3 is 0 Å². The molecule has 6 heteroatoms. The minimum absolute atomic E-state index is 0.0319. The molecule has 0 atom stereocenters. The molecule has 0 aliphatic heterocycles. The molecule has 0 aliphatic carbocycles. The summed E-state index contributed by atoms with van der Waals surface area (Å²) in [4.78, 5) is 28.0. The van der Waals surface area contributed by atoms with Crippen LogP contribution in [0.2, 0.25) is 0 Å². The van der Waals surface area contributed by atoms with E-state index >= 15 is 0 Å². The zero-order valence-corrected chi connectivity index (χ0v) is 16.5. The molecule has 4 aromatic rings. The van der Waals surface area contributed by atoms with Crippen LogP contribution in [0.15, 0.2) is 104 Å². The first-order chi connectivity index (χ1) is 14.6. The number of aromatic nitrogens is 2. The van der Waals surface area contributed by atoms with Crippen LogP contribution in [0.3, 0.4) is 0 Å². The largest absolute Gasteiger partial charge is 0.289 e. The molecule has 0 bridgehead atoms. The van der Waals surface area contributed by atoms with Crippen molar-refractivity contribution in [3.8, 4) is 0 Å². The predicted octanol–water partition coefficient (Wildman–Crippen LogP) is 5.11. The van der Waals surface area contributed by atoms with Crippen molar-refractivity contribution in [1.29, 1.82) is 0 Å². The number of allylic oxidation sites excluding steroid dienone is 1. The highest BCUT2D eigenvalue weighted by Crippen LogP contribution is 2.06. The fraction of sp³-hybridized carbons (Fsp3) is 0.0417. The van der Waals surface area contributed by atoms with Crippen LogP contribution in [0, 0.1) is 10.1 Å². The number of para-hydroxylation sites is 1. The molecule has 0 unspecified atom stereocenters. The molecule has 1 aromatic heterocycles. The van der Waals surface area contributed by atoms with Crippen molar-refractivity contribution >= 4 is 22.8 Å². The zero-order chi connectivity index (χ0) is 21.6. The van der Waals surface area contributed by atoms with E-state index in [1.54, 1.807) is 12.4 Å². The Morgan fingerprint density at radius 1 is 0.900 bits per heavy atom. The molecule has 3 aromatic carbocycles. The maximum Gasteiger partial charge on any atom is 0.194 e. The highest BCUT2D eigenvalue weighted by Gasteiger charge is 1.98. The third-order valence-electron chi connectivity index (χ3n) is 3.70. The average Bonchev–Trinajstić information content (AvgIpc) is 2.79. The Labute approximate surface area is 174 Å². The number of carbonyl (C=O) groups excluding carboxylic acids is 1. The fourth-order valence-corrected chi connectivity index (χ4v) is 2.36. The number of carbonyl (C=O) groups is 1. The monoisotopic (exact) mass is 399 g/mol. The predicted molar refractivity (Wildman–Crippen MR) is 119 cm³/mol. The van der Waals surface area contributed by atoms with Gasteiger partial charge < -0.3 is 0 Å². The summed E-state index contributed by atoms with van der Waals surface area (Å²) in [5, 5.41) is 9.89. The van der Waals surface area contributed by atoms with E-state index in [1.165, 1.54) is 0 Å². The van der Waals surface area contributed by atoms with Crippen LogP contribution in [0.5, 0.6) is 0 Å². The Hall–Kier alpha value is -4.19. The third kappa shape index (κ3) is 8.22. The van der Waals surface area contributed by atoms with Crippen molar-refractivity contribution in [3.63, 3.8) is 0 Å². The lowest BCUT2D eigenvalue weighted by Gasteiger charge is -1.94. The maximum atomic E-state index is 11.7. The van der Waals surface area contributed by atoms with E-state index in [2.05, 4.69) is 9.97 Å². The van der Waals surface area contributed by atoms with Crippen LogP contribution in [0.25, 0.3) is 17.0 Å². The number of fused-ring (bicyclic) bond motifs is 1. The van der Waals surface area contributed by atoms with E-state index in [1.807, 2.05) is 97.2 Å². The molecule has 30 heavy (non-hydrogen) atoms. The fourth-order valence-electron chi connectivity index (χ4n) is 2.36. The van der Waals surface area contributed by atoms with Gasteiger partial charge in [-0.15, -0.1) is 0 Å². The van der Waals surface area contributed by atoms with Gasteiger partial charge in [0.25, 0.3) is 0 Å². The summed E-state index contributed by atoms with van der Waals surface area (Å²) in [6.07, 6.45) is 6.80. The van der Waals surface area contributed by atoms with Crippen LogP contribution in [-0.4, -0.2) is 27.7 Å². The molecule has 6 nitrogen and oxygen atoms in total. The van der Waals surface area contributed by atoms with Gasteiger partial charge in [-0.25, -0.2) is 9.97 Å². The summed E-state index contributed by atoms with van der Waals surface area (Å²) < 4.78 is 0. The van der Waals surface area contributed by atoms with Gasteiger partial charge in [0, 0.05) is 22.1 Å². The van der Waals surface area contributed by atoms with Gasteiger partial charge in [-0.2, -0.15) is 0 Å². The quantitative estimate of drug-likeness (QED) is 0.207. The summed E-state index contributed by atoms with van der Waals surface area (Å²) in [6.45, 7) is 0. The lowest BCUT2D eigenvalue weighted by atomic mass is 10.1. The van der Waals surface area contributed by atoms with Crippen molar-refractivity contribution < 1.29 is 9.72 Å². The molecule has 0 N–H and O–H groups in total. The molecular weight excluding hydrogens is 378 g/mol. The van der Waals surface area contributed by atoms with E-state index in [9.17, 15) is 4.79 Å². The molecule has 0 amide bonds. The molecule has 0 fully saturated rings. The first-order valence-electron chi connectivity index (χ1n) is 9.11. The second-order valence-corrected chi connectivity index (χ2v) is 6.00. The molecule has 1 heterocycles. The van der Waals surface area contributed by atoms with E-state index in [4.69, 9.17) is 10.1 Å². The number of nitrogens with zero attached hydrogens (tertiary/aromatic N) is 3. The van der Waals surface area contributed by atoms with Gasteiger partial charge in [-0.1, -0.05) is 84.9 Å². The maximum absolute atomic E-state index is 11.7. The summed E-state index contributed by atoms with van der Waals surface area (Å²) in [7, 11) is 0.889. The van der Waals surface area contributed by atoms with Crippen LogP contribution >= 0.6 is 0 Å². The van der Waals surface area contributed by atoms with Crippen LogP contribution < -0.4 is 0 Å². The number of ketones is 1. The number of hydrogen-bond donors (Lipinski definition) is 0. The molecule has 0 saturated heterocycles. The average molecular weight is 399 g/mol. The van der Waals surface area contributed by atoms with E-state index in [0.717, 1.165) is 29.1 Å². The van der Waals surface area contributed by atoms with Crippen LogP contribution in [0.1, 0.15) is 15.9 Å². The minimum Gasteiger partial charge on any atom is -0.289 e. The van der Waals surface area contributed by atoms with Gasteiger partial charge in [0.05, 0.1) is 5.52 Å². The molecule has 0 saturated carbocycles. The number of nitro groups is 1. The lowest BCUT2D eigenvalue weighted by Crippen LogP contribution is -1.92. The Balaban J connectivity index is 0.000000194. The summed E-state index contributed by atoms with van der Waals surface area (Å²) in [5.41, 5.74) is 2.75. The topological polar surface area (TPSA) is 86.0 Å². The molecule has 0 spiro atoms. The van der Waals surface area contributed by atoms with E-state index in [-0.39, 0.29) is 5.78 Å². The highest BCUT2D eigenvalue weighted by atomic mass is 16.6. The third-order valence-corrected chi connectivity index (χ3v) is 3.70. The van der Waals surface area contributed by atoms with E-state index in [0.29, 0.717) is 0 Å². The standard InChI is InChI=1S/C15H12O.C8H6N2.CH3NO2/c16-15(14-9-5-2-6-10-14)12-11-13-7-3-1-4-8-13;1-2-4-8-7(3-1)5-9-6-10-8;1-2(3)4/h1-12H;1-6H;1H3. The SMILES string of the molecule is C[N+](=O)[O-].O=C(C=Cc1ccccc1)c1ccccc1.c1ccc2ncncc2c1. The Kier molecular flexibility index (Phi) is 9.07. The van der Waals surface area contributed by atoms with Gasteiger partial charge in [-0.05, 0) is 17.7 Å². The number of hydrogen-bond acceptors (Lipinski definition) is 5. The Bertz CT molecular complexity index is 1030.